The average Bonchev–Trinajstić information content (AvgIpc) is 2.90. The van der Waals surface area contributed by atoms with Gasteiger partial charge in [0.05, 0.1) is 15.9 Å². The second-order valence-electron chi connectivity index (χ2n) is 6.08. The molecule has 5 nitrogen and oxygen atoms in total. The van der Waals surface area contributed by atoms with Crippen LogP contribution >= 0.6 is 35.0 Å². The van der Waals surface area contributed by atoms with Gasteiger partial charge in [-0.05, 0) is 39.0 Å². The number of nitrogens with one attached hydrogen (secondary N) is 1. The summed E-state index contributed by atoms with van der Waals surface area (Å²) < 4.78 is 5.34. The zero-order valence-corrected chi connectivity index (χ0v) is 15.4. The quantitative estimate of drug-likeness (QED) is 0.838. The standard InChI is InChI=1S/C15H18Cl2N2O3S/c1-15(2,3)22-14(21)19-8-23-7-12(19)13(20)18-9-4-5-10(16)11(17)6-9/h4-6,12H,7-8H2,1-3H3,(H,18,20). The molecule has 1 saturated heterocycles. The number of hydrogen-bond donors (Lipinski definition) is 1. The van der Waals surface area contributed by atoms with Crippen LogP contribution in [0.1, 0.15) is 20.8 Å². The third-order valence-electron chi connectivity index (χ3n) is 3.00. The monoisotopic (exact) mass is 376 g/mol. The summed E-state index contributed by atoms with van der Waals surface area (Å²) in [4.78, 5) is 26.1. The predicted molar refractivity (Wildman–Crippen MR) is 94.3 cm³/mol. The van der Waals surface area contributed by atoms with E-state index in [2.05, 4.69) is 5.32 Å². The Kier molecular flexibility index (Phi) is 5.70. The van der Waals surface area contributed by atoms with Crippen molar-refractivity contribution < 1.29 is 14.3 Å². The fraction of sp³-hybridized carbons (Fsp3) is 0.467. The Labute approximate surface area is 149 Å². The molecular weight excluding hydrogens is 359 g/mol. The van der Waals surface area contributed by atoms with Crippen molar-refractivity contribution in [2.75, 3.05) is 16.9 Å². The molecule has 0 spiro atoms. The third-order valence-corrected chi connectivity index (χ3v) is 4.75. The summed E-state index contributed by atoms with van der Waals surface area (Å²) >= 11 is 13.3. The Hall–Kier alpha value is -1.11. The minimum absolute atomic E-state index is 0.278. The van der Waals surface area contributed by atoms with E-state index in [1.54, 1.807) is 39.0 Å². The lowest BCUT2D eigenvalue weighted by Crippen LogP contribution is -2.46. The lowest BCUT2D eigenvalue weighted by molar-refractivity contribution is -0.120. The summed E-state index contributed by atoms with van der Waals surface area (Å²) in [6, 6.07) is 4.26. The predicted octanol–water partition coefficient (Wildman–Crippen LogP) is 4.24. The van der Waals surface area contributed by atoms with E-state index in [1.165, 1.54) is 16.7 Å². The highest BCUT2D eigenvalue weighted by Gasteiger charge is 2.37. The van der Waals surface area contributed by atoms with Crippen LogP contribution < -0.4 is 5.32 Å². The van der Waals surface area contributed by atoms with Crippen LogP contribution in [0.3, 0.4) is 0 Å². The van der Waals surface area contributed by atoms with Crippen molar-refractivity contribution >= 4 is 52.7 Å². The van der Waals surface area contributed by atoms with Crippen LogP contribution in [0.25, 0.3) is 0 Å². The van der Waals surface area contributed by atoms with Crippen LogP contribution in [0.5, 0.6) is 0 Å². The number of anilines is 1. The first-order chi connectivity index (χ1) is 10.7. The maximum Gasteiger partial charge on any atom is 0.411 e. The smallest absolute Gasteiger partial charge is 0.411 e. The van der Waals surface area contributed by atoms with E-state index >= 15 is 0 Å². The number of thioether (sulfide) groups is 1. The molecule has 0 aromatic heterocycles. The Morgan fingerprint density at radius 2 is 2.00 bits per heavy atom. The second-order valence-corrected chi connectivity index (χ2v) is 7.90. The molecule has 1 heterocycles. The SMILES string of the molecule is CC(C)(C)OC(=O)N1CSCC1C(=O)Nc1ccc(Cl)c(Cl)c1. The van der Waals surface area contributed by atoms with E-state index in [-0.39, 0.29) is 5.91 Å². The Balaban J connectivity index is 2.05. The van der Waals surface area contributed by atoms with Gasteiger partial charge in [-0.25, -0.2) is 4.79 Å². The second kappa shape index (κ2) is 7.20. The maximum atomic E-state index is 12.4. The van der Waals surface area contributed by atoms with E-state index in [0.29, 0.717) is 27.4 Å². The molecule has 1 aliphatic rings. The summed E-state index contributed by atoms with van der Waals surface area (Å²) in [6.45, 7) is 5.37. The van der Waals surface area contributed by atoms with Crippen LogP contribution in [-0.4, -0.2) is 40.2 Å². The van der Waals surface area contributed by atoms with E-state index in [0.717, 1.165) is 0 Å². The first kappa shape index (κ1) is 18.2. The zero-order valence-electron chi connectivity index (χ0n) is 13.1. The summed E-state index contributed by atoms with van der Waals surface area (Å²) in [5.41, 5.74) is -0.0693. The number of hydrogen-bond acceptors (Lipinski definition) is 4. The first-order valence-electron chi connectivity index (χ1n) is 7.00. The van der Waals surface area contributed by atoms with Gasteiger partial charge in [-0.1, -0.05) is 23.2 Å². The van der Waals surface area contributed by atoms with E-state index in [1.807, 2.05) is 0 Å². The highest BCUT2D eigenvalue weighted by Crippen LogP contribution is 2.27. The molecule has 23 heavy (non-hydrogen) atoms. The van der Waals surface area contributed by atoms with Crippen molar-refractivity contribution in [2.24, 2.45) is 0 Å². The normalized spacial score (nSPS) is 18.0. The number of rotatable bonds is 2. The van der Waals surface area contributed by atoms with Crippen LogP contribution in [0.4, 0.5) is 10.5 Å². The van der Waals surface area contributed by atoms with Crippen molar-refractivity contribution in [1.29, 1.82) is 0 Å². The van der Waals surface area contributed by atoms with Crippen molar-refractivity contribution in [3.05, 3.63) is 28.2 Å². The van der Waals surface area contributed by atoms with Crippen molar-refractivity contribution in [2.45, 2.75) is 32.4 Å². The molecule has 1 aliphatic heterocycles. The van der Waals surface area contributed by atoms with Gasteiger partial charge in [-0.3, -0.25) is 9.69 Å². The number of amides is 2. The fourth-order valence-corrected chi connectivity index (χ4v) is 3.40. The van der Waals surface area contributed by atoms with Gasteiger partial charge in [0.1, 0.15) is 11.6 Å². The zero-order chi connectivity index (χ0) is 17.2. The molecule has 1 aromatic carbocycles. The maximum absolute atomic E-state index is 12.4. The van der Waals surface area contributed by atoms with Gasteiger partial charge < -0.3 is 10.1 Å². The lowest BCUT2D eigenvalue weighted by atomic mass is 10.2. The van der Waals surface area contributed by atoms with Crippen molar-refractivity contribution in [3.8, 4) is 0 Å². The minimum atomic E-state index is -0.602. The van der Waals surface area contributed by atoms with Crippen LogP contribution in [0.15, 0.2) is 18.2 Å². The summed E-state index contributed by atoms with van der Waals surface area (Å²) in [5, 5.41) is 3.52. The van der Waals surface area contributed by atoms with E-state index < -0.39 is 17.7 Å². The molecule has 0 radical (unpaired) electrons. The number of benzene rings is 1. The molecule has 8 heteroatoms. The van der Waals surface area contributed by atoms with Crippen molar-refractivity contribution in [3.63, 3.8) is 0 Å². The Morgan fingerprint density at radius 1 is 1.30 bits per heavy atom. The molecule has 1 unspecified atom stereocenters. The van der Waals surface area contributed by atoms with Gasteiger partial charge in [0, 0.05) is 11.4 Å². The molecule has 1 aromatic rings. The van der Waals surface area contributed by atoms with Crippen molar-refractivity contribution in [1.82, 2.24) is 4.90 Å². The molecule has 0 bridgehead atoms. The number of halogens is 2. The number of ether oxygens (including phenoxy) is 1. The molecule has 1 fully saturated rings. The molecule has 1 N–H and O–H groups in total. The van der Waals surface area contributed by atoms with Gasteiger partial charge in [-0.15, -0.1) is 11.8 Å². The van der Waals surface area contributed by atoms with Gasteiger partial charge in [-0.2, -0.15) is 0 Å². The third kappa shape index (κ3) is 4.93. The summed E-state index contributed by atoms with van der Waals surface area (Å²) in [6.07, 6.45) is -0.489. The number of nitrogens with zero attached hydrogens (tertiary/aromatic N) is 1. The Morgan fingerprint density at radius 3 is 2.61 bits per heavy atom. The van der Waals surface area contributed by atoms with E-state index in [9.17, 15) is 9.59 Å². The summed E-state index contributed by atoms with van der Waals surface area (Å²) in [7, 11) is 0. The highest BCUT2D eigenvalue weighted by molar-refractivity contribution is 7.99. The Bertz CT molecular complexity index is 619. The highest BCUT2D eigenvalue weighted by atomic mass is 35.5. The summed E-state index contributed by atoms with van der Waals surface area (Å²) in [5.74, 6) is 0.667. The lowest BCUT2D eigenvalue weighted by Gasteiger charge is -2.27. The molecule has 126 valence electrons. The fourth-order valence-electron chi connectivity index (χ4n) is 1.96. The topological polar surface area (TPSA) is 58.6 Å². The molecule has 2 rings (SSSR count). The molecule has 2 amide bonds. The van der Waals surface area contributed by atoms with Crippen LogP contribution in [0, 0.1) is 0 Å². The van der Waals surface area contributed by atoms with Gasteiger partial charge in [0.25, 0.3) is 0 Å². The van der Waals surface area contributed by atoms with Gasteiger partial charge in [0.2, 0.25) is 5.91 Å². The largest absolute Gasteiger partial charge is 0.444 e. The molecule has 0 aliphatic carbocycles. The molecule has 0 saturated carbocycles. The average molecular weight is 377 g/mol. The minimum Gasteiger partial charge on any atom is -0.444 e. The number of carbonyl (C=O) groups excluding carboxylic acids is 2. The van der Waals surface area contributed by atoms with Crippen LogP contribution in [-0.2, 0) is 9.53 Å². The molecule has 1 atom stereocenters. The van der Waals surface area contributed by atoms with E-state index in [4.69, 9.17) is 27.9 Å². The first-order valence-corrected chi connectivity index (χ1v) is 8.92. The molecular formula is C15H18Cl2N2O3S. The number of carbonyl (C=O) groups is 2. The van der Waals surface area contributed by atoms with Gasteiger partial charge >= 0.3 is 6.09 Å². The van der Waals surface area contributed by atoms with Crippen LogP contribution in [0.2, 0.25) is 10.0 Å². The van der Waals surface area contributed by atoms with Gasteiger partial charge in [0.15, 0.2) is 0 Å².